The van der Waals surface area contributed by atoms with Gasteiger partial charge in [-0.05, 0) is 40.5 Å². The van der Waals surface area contributed by atoms with Crippen LogP contribution in [0.5, 0.6) is 0 Å². The highest BCUT2D eigenvalue weighted by molar-refractivity contribution is 5.94. The van der Waals surface area contributed by atoms with Crippen LogP contribution in [0, 0.1) is 6.92 Å². The fourth-order valence-electron chi connectivity index (χ4n) is 2.83. The SMILES string of the molecule is Cc1cc(C2CCCN2C(=O)c2cnn(C(C)(C)C)c2)no1. The van der Waals surface area contributed by atoms with E-state index in [0.29, 0.717) is 5.56 Å². The highest BCUT2D eigenvalue weighted by Gasteiger charge is 2.33. The minimum absolute atomic E-state index is 0.00272. The monoisotopic (exact) mass is 302 g/mol. The van der Waals surface area contributed by atoms with Gasteiger partial charge in [0, 0.05) is 18.8 Å². The maximum absolute atomic E-state index is 12.8. The van der Waals surface area contributed by atoms with E-state index in [2.05, 4.69) is 31.0 Å². The van der Waals surface area contributed by atoms with Crippen molar-refractivity contribution in [2.45, 2.75) is 52.1 Å². The molecule has 1 saturated heterocycles. The number of rotatable bonds is 2. The molecule has 1 aliphatic rings. The summed E-state index contributed by atoms with van der Waals surface area (Å²) in [5.74, 6) is 0.786. The molecule has 1 unspecified atom stereocenters. The van der Waals surface area contributed by atoms with Crippen molar-refractivity contribution < 1.29 is 9.32 Å². The predicted molar refractivity (Wildman–Crippen MR) is 81.5 cm³/mol. The van der Waals surface area contributed by atoms with Gasteiger partial charge in [-0.1, -0.05) is 5.16 Å². The minimum atomic E-state index is -0.133. The first-order valence-corrected chi connectivity index (χ1v) is 7.65. The largest absolute Gasteiger partial charge is 0.361 e. The average Bonchev–Trinajstić information content (AvgIpc) is 3.16. The van der Waals surface area contributed by atoms with Crippen LogP contribution in [0.2, 0.25) is 0 Å². The Morgan fingerprint density at radius 1 is 1.41 bits per heavy atom. The van der Waals surface area contributed by atoms with Crippen molar-refractivity contribution in [2.24, 2.45) is 0 Å². The Labute approximate surface area is 130 Å². The molecule has 0 radical (unpaired) electrons. The molecule has 2 aromatic heterocycles. The zero-order chi connectivity index (χ0) is 15.9. The van der Waals surface area contributed by atoms with Gasteiger partial charge in [0.15, 0.2) is 0 Å². The van der Waals surface area contributed by atoms with Crippen LogP contribution in [0.1, 0.15) is 61.5 Å². The number of aromatic nitrogens is 3. The fourth-order valence-corrected chi connectivity index (χ4v) is 2.83. The molecule has 2 aromatic rings. The molecular formula is C16H22N4O2. The standard InChI is InChI=1S/C16H22N4O2/c1-11-8-13(18-22-11)14-6-5-7-19(14)15(21)12-9-17-20(10-12)16(2,3)4/h8-10,14H,5-7H2,1-4H3. The molecule has 3 heterocycles. The third-order valence-corrected chi connectivity index (χ3v) is 4.02. The topological polar surface area (TPSA) is 64.2 Å². The lowest BCUT2D eigenvalue weighted by Crippen LogP contribution is -2.30. The molecule has 0 aliphatic carbocycles. The number of amides is 1. The maximum atomic E-state index is 12.8. The first-order chi connectivity index (χ1) is 10.4. The van der Waals surface area contributed by atoms with Gasteiger partial charge in [-0.3, -0.25) is 9.48 Å². The Morgan fingerprint density at radius 3 is 2.77 bits per heavy atom. The number of likely N-dealkylation sites (tertiary alicyclic amines) is 1. The van der Waals surface area contributed by atoms with E-state index in [1.807, 2.05) is 28.8 Å². The molecule has 3 rings (SSSR count). The molecule has 0 spiro atoms. The van der Waals surface area contributed by atoms with E-state index in [9.17, 15) is 4.79 Å². The van der Waals surface area contributed by atoms with Gasteiger partial charge in [-0.25, -0.2) is 0 Å². The molecule has 118 valence electrons. The van der Waals surface area contributed by atoms with Crippen LogP contribution in [0.3, 0.4) is 0 Å². The fraction of sp³-hybridized carbons (Fsp3) is 0.562. The van der Waals surface area contributed by atoms with E-state index in [0.717, 1.165) is 30.8 Å². The van der Waals surface area contributed by atoms with Crippen LogP contribution < -0.4 is 0 Å². The summed E-state index contributed by atoms with van der Waals surface area (Å²) in [6.45, 7) is 8.79. The maximum Gasteiger partial charge on any atom is 0.257 e. The molecule has 1 amide bonds. The van der Waals surface area contributed by atoms with Gasteiger partial charge in [-0.15, -0.1) is 0 Å². The smallest absolute Gasteiger partial charge is 0.257 e. The summed E-state index contributed by atoms with van der Waals surface area (Å²) in [4.78, 5) is 14.7. The Balaban J connectivity index is 1.83. The zero-order valence-electron chi connectivity index (χ0n) is 13.5. The summed E-state index contributed by atoms with van der Waals surface area (Å²) < 4.78 is 6.98. The molecule has 0 bridgehead atoms. The highest BCUT2D eigenvalue weighted by atomic mass is 16.5. The van der Waals surface area contributed by atoms with E-state index in [1.165, 1.54) is 0 Å². The summed E-state index contributed by atoms with van der Waals surface area (Å²) in [5, 5.41) is 8.40. The molecule has 6 nitrogen and oxygen atoms in total. The van der Waals surface area contributed by atoms with E-state index >= 15 is 0 Å². The molecule has 1 atom stereocenters. The van der Waals surface area contributed by atoms with Crippen LogP contribution >= 0.6 is 0 Å². The third-order valence-electron chi connectivity index (χ3n) is 4.02. The molecule has 0 aromatic carbocycles. The minimum Gasteiger partial charge on any atom is -0.361 e. The molecule has 1 aliphatic heterocycles. The second-order valence-corrected chi connectivity index (χ2v) is 6.86. The van der Waals surface area contributed by atoms with Crippen molar-refractivity contribution in [3.8, 4) is 0 Å². The van der Waals surface area contributed by atoms with Gasteiger partial charge in [0.1, 0.15) is 11.5 Å². The number of hydrogen-bond acceptors (Lipinski definition) is 4. The number of carbonyl (C=O) groups is 1. The number of carbonyl (C=O) groups excluding carboxylic acids is 1. The van der Waals surface area contributed by atoms with Gasteiger partial charge >= 0.3 is 0 Å². The number of hydrogen-bond donors (Lipinski definition) is 0. The van der Waals surface area contributed by atoms with Crippen molar-refractivity contribution in [3.05, 3.63) is 35.5 Å². The van der Waals surface area contributed by atoms with Crippen molar-refractivity contribution in [3.63, 3.8) is 0 Å². The van der Waals surface area contributed by atoms with Crippen molar-refractivity contribution >= 4 is 5.91 Å². The molecule has 0 saturated carbocycles. The lowest BCUT2D eigenvalue weighted by Gasteiger charge is -2.22. The van der Waals surface area contributed by atoms with E-state index < -0.39 is 0 Å². The second kappa shape index (κ2) is 5.26. The lowest BCUT2D eigenvalue weighted by atomic mass is 10.1. The summed E-state index contributed by atoms with van der Waals surface area (Å²) in [6, 6.07) is 1.91. The molecule has 22 heavy (non-hydrogen) atoms. The van der Waals surface area contributed by atoms with Crippen molar-refractivity contribution in [2.75, 3.05) is 6.54 Å². The van der Waals surface area contributed by atoms with Gasteiger partial charge in [-0.2, -0.15) is 5.10 Å². The summed E-state index contributed by atoms with van der Waals surface area (Å²) in [7, 11) is 0. The molecule has 0 N–H and O–H groups in total. The quantitative estimate of drug-likeness (QED) is 0.855. The van der Waals surface area contributed by atoms with Gasteiger partial charge in [0.05, 0.1) is 23.3 Å². The van der Waals surface area contributed by atoms with E-state index in [1.54, 1.807) is 6.20 Å². The molecular weight excluding hydrogens is 280 g/mol. The Hall–Kier alpha value is -2.11. The van der Waals surface area contributed by atoms with E-state index in [4.69, 9.17) is 4.52 Å². The van der Waals surface area contributed by atoms with E-state index in [-0.39, 0.29) is 17.5 Å². The van der Waals surface area contributed by atoms with Crippen LogP contribution in [0.4, 0.5) is 0 Å². The predicted octanol–water partition coefficient (Wildman–Crippen LogP) is 2.91. The van der Waals surface area contributed by atoms with Crippen LogP contribution in [0.15, 0.2) is 23.0 Å². The highest BCUT2D eigenvalue weighted by Crippen LogP contribution is 2.32. The van der Waals surface area contributed by atoms with Gasteiger partial charge in [0.25, 0.3) is 5.91 Å². The van der Waals surface area contributed by atoms with Crippen molar-refractivity contribution in [1.82, 2.24) is 19.8 Å². The van der Waals surface area contributed by atoms with Gasteiger partial charge < -0.3 is 9.42 Å². The Morgan fingerprint density at radius 2 is 2.18 bits per heavy atom. The summed E-state index contributed by atoms with van der Waals surface area (Å²) in [5.41, 5.74) is 1.33. The lowest BCUT2D eigenvalue weighted by molar-refractivity contribution is 0.0730. The molecule has 6 heteroatoms. The number of aryl methyl sites for hydroxylation is 1. The van der Waals surface area contributed by atoms with Crippen molar-refractivity contribution in [1.29, 1.82) is 0 Å². The Bertz CT molecular complexity index is 680. The summed E-state index contributed by atoms with van der Waals surface area (Å²) >= 11 is 0. The third kappa shape index (κ3) is 2.65. The first kappa shape index (κ1) is 14.8. The zero-order valence-corrected chi connectivity index (χ0v) is 13.5. The summed E-state index contributed by atoms with van der Waals surface area (Å²) in [6.07, 6.45) is 5.38. The molecule has 1 fully saturated rings. The second-order valence-electron chi connectivity index (χ2n) is 6.86. The first-order valence-electron chi connectivity index (χ1n) is 7.65. The van der Waals surface area contributed by atoms with Gasteiger partial charge in [0.2, 0.25) is 0 Å². The average molecular weight is 302 g/mol. The van der Waals surface area contributed by atoms with Crippen LogP contribution in [-0.2, 0) is 5.54 Å². The normalized spacial score (nSPS) is 18.9. The Kier molecular flexibility index (Phi) is 3.54. The number of nitrogens with zero attached hydrogens (tertiary/aromatic N) is 4. The van der Waals surface area contributed by atoms with Crippen LogP contribution in [-0.4, -0.2) is 32.3 Å². The van der Waals surface area contributed by atoms with Crippen LogP contribution in [0.25, 0.3) is 0 Å².